The highest BCUT2D eigenvalue weighted by Gasteiger charge is 2.53. The van der Waals surface area contributed by atoms with Gasteiger partial charge < -0.3 is 9.84 Å². The number of alkyl halides is 2. The number of hydrogen-bond donors (Lipinski definition) is 1. The molecule has 11 heavy (non-hydrogen) atoms. The zero-order chi connectivity index (χ0) is 8.65. The third-order valence-electron chi connectivity index (χ3n) is 2.27. The Bertz CT molecular complexity index is 149. The smallest absolute Gasteiger partial charge is 0.278 e. The first-order chi connectivity index (χ1) is 5.00. The van der Waals surface area contributed by atoms with Crippen molar-refractivity contribution in [3.8, 4) is 0 Å². The molecule has 1 saturated heterocycles. The molecule has 0 unspecified atom stereocenters. The average Bonchev–Trinajstić information content (AvgIpc) is 2.14. The van der Waals surface area contributed by atoms with Crippen LogP contribution in [-0.4, -0.2) is 29.8 Å². The number of aliphatic hydroxyl groups excluding tert-OH is 1. The van der Waals surface area contributed by atoms with Gasteiger partial charge in [-0.3, -0.25) is 0 Å². The molecule has 0 bridgehead atoms. The predicted octanol–water partition coefficient (Wildman–Crippen LogP) is 1.04. The number of aliphatic hydroxyl groups is 1. The second-order valence-corrected chi connectivity index (χ2v) is 2.96. The minimum Gasteiger partial charge on any atom is -0.394 e. The summed E-state index contributed by atoms with van der Waals surface area (Å²) in [5.41, 5.74) is 0. The van der Waals surface area contributed by atoms with Crippen molar-refractivity contribution in [2.75, 3.05) is 6.61 Å². The van der Waals surface area contributed by atoms with Gasteiger partial charge in [0, 0.05) is 0 Å². The molecule has 0 radical (unpaired) electrons. The second kappa shape index (κ2) is 2.68. The molecule has 0 amide bonds. The molecule has 1 aliphatic rings. The Hall–Kier alpha value is -0.220. The molecule has 1 fully saturated rings. The Kier molecular flexibility index (Phi) is 2.16. The van der Waals surface area contributed by atoms with Crippen LogP contribution in [0, 0.1) is 5.92 Å². The van der Waals surface area contributed by atoms with Crippen LogP contribution in [0.4, 0.5) is 8.78 Å². The Labute approximate surface area is 64.2 Å². The van der Waals surface area contributed by atoms with Gasteiger partial charge in [0.15, 0.2) is 0 Å². The van der Waals surface area contributed by atoms with Crippen LogP contribution in [0.1, 0.15) is 13.8 Å². The first-order valence-electron chi connectivity index (χ1n) is 3.64. The van der Waals surface area contributed by atoms with Crippen LogP contribution in [0.2, 0.25) is 0 Å². The molecule has 0 aromatic carbocycles. The van der Waals surface area contributed by atoms with Crippen LogP contribution in [0.5, 0.6) is 0 Å². The molecule has 0 saturated carbocycles. The standard InChI is InChI=1S/C7H12F2O2/c1-4-6(3-10)11-5(2)7(4,8)9/h4-6,10H,3H2,1-2H3/t4-,5-,6+/m0/s1. The summed E-state index contributed by atoms with van der Waals surface area (Å²) in [4.78, 5) is 0. The van der Waals surface area contributed by atoms with E-state index in [9.17, 15) is 8.78 Å². The molecular formula is C7H12F2O2. The summed E-state index contributed by atoms with van der Waals surface area (Å²) in [6, 6.07) is 0. The monoisotopic (exact) mass is 166 g/mol. The van der Waals surface area contributed by atoms with E-state index in [1.54, 1.807) is 0 Å². The molecule has 1 heterocycles. The summed E-state index contributed by atoms with van der Waals surface area (Å²) in [5, 5.41) is 8.63. The van der Waals surface area contributed by atoms with Crippen molar-refractivity contribution in [1.29, 1.82) is 0 Å². The van der Waals surface area contributed by atoms with Crippen molar-refractivity contribution in [2.45, 2.75) is 32.0 Å². The molecule has 1 rings (SSSR count). The Morgan fingerprint density at radius 1 is 1.45 bits per heavy atom. The van der Waals surface area contributed by atoms with Crippen molar-refractivity contribution < 1.29 is 18.6 Å². The molecule has 2 nitrogen and oxygen atoms in total. The first-order valence-corrected chi connectivity index (χ1v) is 3.64. The molecule has 4 heteroatoms. The van der Waals surface area contributed by atoms with E-state index in [1.807, 2.05) is 0 Å². The lowest BCUT2D eigenvalue weighted by molar-refractivity contribution is -0.0778. The Morgan fingerprint density at radius 3 is 2.18 bits per heavy atom. The molecule has 0 spiro atoms. The third kappa shape index (κ3) is 1.25. The van der Waals surface area contributed by atoms with Crippen molar-refractivity contribution in [3.05, 3.63) is 0 Å². The fraction of sp³-hybridized carbons (Fsp3) is 1.00. The van der Waals surface area contributed by atoms with E-state index in [2.05, 4.69) is 0 Å². The molecule has 1 N–H and O–H groups in total. The van der Waals surface area contributed by atoms with Crippen LogP contribution in [0.3, 0.4) is 0 Å². The summed E-state index contributed by atoms with van der Waals surface area (Å²) >= 11 is 0. The predicted molar refractivity (Wildman–Crippen MR) is 35.5 cm³/mol. The molecular weight excluding hydrogens is 154 g/mol. The van der Waals surface area contributed by atoms with Crippen molar-refractivity contribution in [2.24, 2.45) is 5.92 Å². The fourth-order valence-corrected chi connectivity index (χ4v) is 1.29. The molecule has 3 atom stereocenters. The van der Waals surface area contributed by atoms with Crippen LogP contribution in [0.25, 0.3) is 0 Å². The van der Waals surface area contributed by atoms with Crippen LogP contribution in [0.15, 0.2) is 0 Å². The highest BCUT2D eigenvalue weighted by Crippen LogP contribution is 2.40. The van der Waals surface area contributed by atoms with Gasteiger partial charge in [-0.2, -0.15) is 0 Å². The zero-order valence-electron chi connectivity index (χ0n) is 6.55. The Morgan fingerprint density at radius 2 is 2.00 bits per heavy atom. The van der Waals surface area contributed by atoms with Crippen molar-refractivity contribution in [3.63, 3.8) is 0 Å². The number of ether oxygens (including phenoxy) is 1. The van der Waals surface area contributed by atoms with Crippen LogP contribution >= 0.6 is 0 Å². The highest BCUT2D eigenvalue weighted by molar-refractivity contribution is 4.92. The van der Waals surface area contributed by atoms with E-state index >= 15 is 0 Å². The number of halogens is 2. The van der Waals surface area contributed by atoms with Gasteiger partial charge in [-0.25, -0.2) is 8.78 Å². The van der Waals surface area contributed by atoms with E-state index in [4.69, 9.17) is 9.84 Å². The average molecular weight is 166 g/mol. The van der Waals surface area contributed by atoms with Crippen LogP contribution in [-0.2, 0) is 4.74 Å². The lowest BCUT2D eigenvalue weighted by Gasteiger charge is -2.17. The normalized spacial score (nSPS) is 42.8. The maximum atomic E-state index is 12.9. The van der Waals surface area contributed by atoms with Crippen molar-refractivity contribution >= 4 is 0 Å². The molecule has 66 valence electrons. The lowest BCUT2D eigenvalue weighted by Crippen LogP contribution is -2.32. The summed E-state index contributed by atoms with van der Waals surface area (Å²) in [7, 11) is 0. The van der Waals surface area contributed by atoms with Gasteiger partial charge in [-0.05, 0) is 6.92 Å². The van der Waals surface area contributed by atoms with E-state index in [0.29, 0.717) is 0 Å². The van der Waals surface area contributed by atoms with Gasteiger partial charge in [0.25, 0.3) is 5.92 Å². The summed E-state index contributed by atoms with van der Waals surface area (Å²) in [6.07, 6.45) is -1.78. The second-order valence-electron chi connectivity index (χ2n) is 2.96. The van der Waals surface area contributed by atoms with Gasteiger partial charge in [0.05, 0.1) is 18.6 Å². The Balaban J connectivity index is 2.71. The van der Waals surface area contributed by atoms with E-state index in [0.717, 1.165) is 0 Å². The number of rotatable bonds is 1. The van der Waals surface area contributed by atoms with E-state index < -0.39 is 24.0 Å². The largest absolute Gasteiger partial charge is 0.394 e. The minimum atomic E-state index is -2.80. The van der Waals surface area contributed by atoms with Gasteiger partial charge in [0.1, 0.15) is 6.10 Å². The van der Waals surface area contributed by atoms with Crippen molar-refractivity contribution in [1.82, 2.24) is 0 Å². The first kappa shape index (κ1) is 8.87. The van der Waals surface area contributed by atoms with Gasteiger partial charge in [0.2, 0.25) is 0 Å². The molecule has 0 aromatic rings. The molecule has 0 aliphatic carbocycles. The summed E-state index contributed by atoms with van der Waals surface area (Å²) in [6.45, 7) is 2.39. The van der Waals surface area contributed by atoms with E-state index in [1.165, 1.54) is 13.8 Å². The highest BCUT2D eigenvalue weighted by atomic mass is 19.3. The maximum absolute atomic E-state index is 12.9. The quantitative estimate of drug-likeness (QED) is 0.630. The van der Waals surface area contributed by atoms with Crippen LogP contribution < -0.4 is 0 Å². The topological polar surface area (TPSA) is 29.5 Å². The maximum Gasteiger partial charge on any atom is 0.278 e. The molecule has 1 aliphatic heterocycles. The van der Waals surface area contributed by atoms with Gasteiger partial charge in [-0.15, -0.1) is 0 Å². The number of hydrogen-bond acceptors (Lipinski definition) is 2. The van der Waals surface area contributed by atoms with Gasteiger partial charge in [-0.1, -0.05) is 6.92 Å². The minimum absolute atomic E-state index is 0.332. The summed E-state index contributed by atoms with van der Waals surface area (Å²) < 4.78 is 30.7. The third-order valence-corrected chi connectivity index (χ3v) is 2.27. The SMILES string of the molecule is C[C@@H]1O[C@H](CO)[C@H](C)C1(F)F. The lowest BCUT2D eigenvalue weighted by atomic mass is 9.98. The van der Waals surface area contributed by atoms with Gasteiger partial charge >= 0.3 is 0 Å². The summed E-state index contributed by atoms with van der Waals surface area (Å²) in [5.74, 6) is -3.68. The molecule has 0 aromatic heterocycles. The fourth-order valence-electron chi connectivity index (χ4n) is 1.29. The van der Waals surface area contributed by atoms with E-state index in [-0.39, 0.29) is 6.61 Å². The zero-order valence-corrected chi connectivity index (χ0v) is 6.55.